The molecule has 25 heavy (non-hydrogen) atoms. The van der Waals surface area contributed by atoms with Crippen LogP contribution in [0.1, 0.15) is 31.1 Å². The number of rotatable bonds is 2. The van der Waals surface area contributed by atoms with Gasteiger partial charge in [0.25, 0.3) is 5.92 Å². The van der Waals surface area contributed by atoms with Gasteiger partial charge in [0.05, 0.1) is 5.52 Å². The number of alkyl halides is 2. The molecule has 7 heteroatoms. The highest BCUT2D eigenvalue weighted by molar-refractivity contribution is 5.87. The monoisotopic (exact) mass is 343 g/mol. The molecule has 3 aromatic rings. The maximum absolute atomic E-state index is 13.8. The van der Waals surface area contributed by atoms with Crippen molar-refractivity contribution in [1.82, 2.24) is 14.5 Å². The van der Waals surface area contributed by atoms with Gasteiger partial charge < -0.3 is 15.2 Å². The minimum atomic E-state index is -2.88. The number of nitrogens with zero attached hydrogens (tertiary/aromatic N) is 3. The third-order valence-electron chi connectivity index (χ3n) is 4.63. The topological polar surface area (TPSA) is 54.8 Å². The van der Waals surface area contributed by atoms with Crippen molar-refractivity contribution in [2.75, 3.05) is 17.7 Å². The van der Waals surface area contributed by atoms with Gasteiger partial charge in [0.1, 0.15) is 17.8 Å². The Morgan fingerprint density at radius 2 is 2.00 bits per heavy atom. The molecule has 2 aromatic heterocycles. The van der Waals surface area contributed by atoms with Crippen molar-refractivity contribution in [1.29, 1.82) is 0 Å². The van der Waals surface area contributed by atoms with E-state index in [0.29, 0.717) is 11.3 Å². The molecule has 0 saturated heterocycles. The van der Waals surface area contributed by atoms with Crippen LogP contribution in [0.2, 0.25) is 0 Å². The fraction of sp³-hybridized carbons (Fsp3) is 0.333. The third kappa shape index (κ3) is 2.33. The Bertz CT molecular complexity index is 987. The summed E-state index contributed by atoms with van der Waals surface area (Å²) in [5.74, 6) is -1.40. The number of fused-ring (bicyclic) bond motifs is 5. The zero-order chi connectivity index (χ0) is 17.9. The maximum atomic E-state index is 13.8. The first-order chi connectivity index (χ1) is 11.8. The largest absolute Gasteiger partial charge is 0.373 e. The van der Waals surface area contributed by atoms with Crippen molar-refractivity contribution in [2.45, 2.75) is 32.9 Å². The van der Waals surface area contributed by atoms with E-state index in [9.17, 15) is 8.78 Å². The van der Waals surface area contributed by atoms with Crippen LogP contribution in [0.3, 0.4) is 0 Å². The number of hydrogen-bond donors (Lipinski definition) is 2. The average Bonchev–Trinajstić information content (AvgIpc) is 2.92. The third-order valence-corrected chi connectivity index (χ3v) is 4.63. The van der Waals surface area contributed by atoms with Gasteiger partial charge in [-0.1, -0.05) is 0 Å². The summed E-state index contributed by atoms with van der Waals surface area (Å²) >= 11 is 0. The van der Waals surface area contributed by atoms with E-state index in [1.165, 1.54) is 12.1 Å². The van der Waals surface area contributed by atoms with E-state index < -0.39 is 5.92 Å². The van der Waals surface area contributed by atoms with Gasteiger partial charge in [-0.25, -0.2) is 18.7 Å². The Morgan fingerprint density at radius 3 is 2.68 bits per heavy atom. The number of pyridine rings is 1. The quantitative estimate of drug-likeness (QED) is 0.719. The van der Waals surface area contributed by atoms with Crippen LogP contribution < -0.4 is 10.6 Å². The molecular formula is C18H19F2N5. The molecule has 0 radical (unpaired) electrons. The van der Waals surface area contributed by atoms with E-state index in [2.05, 4.69) is 20.2 Å². The lowest BCUT2D eigenvalue weighted by Gasteiger charge is -2.29. The van der Waals surface area contributed by atoms with Gasteiger partial charge in [-0.2, -0.15) is 0 Å². The maximum Gasteiger partial charge on any atom is 0.270 e. The summed E-state index contributed by atoms with van der Waals surface area (Å²) < 4.78 is 29.6. The Balaban J connectivity index is 1.99. The molecule has 1 aliphatic rings. The first-order valence-electron chi connectivity index (χ1n) is 8.16. The van der Waals surface area contributed by atoms with Crippen LogP contribution in [-0.4, -0.2) is 21.6 Å². The Labute approximate surface area is 144 Å². The highest BCUT2D eigenvalue weighted by Crippen LogP contribution is 2.42. The number of anilines is 2. The van der Waals surface area contributed by atoms with Crippen molar-refractivity contribution in [3.63, 3.8) is 0 Å². The van der Waals surface area contributed by atoms with E-state index in [4.69, 9.17) is 4.98 Å². The molecule has 1 aliphatic heterocycles. The summed E-state index contributed by atoms with van der Waals surface area (Å²) in [6.45, 7) is 4.73. The predicted molar refractivity (Wildman–Crippen MR) is 95.1 cm³/mol. The molecule has 0 spiro atoms. The molecule has 1 aromatic carbocycles. The van der Waals surface area contributed by atoms with Crippen LogP contribution in [0.15, 0.2) is 24.3 Å². The molecule has 0 saturated carbocycles. The van der Waals surface area contributed by atoms with E-state index in [-0.39, 0.29) is 11.7 Å². The van der Waals surface area contributed by atoms with Gasteiger partial charge in [-0.05, 0) is 43.7 Å². The summed E-state index contributed by atoms with van der Waals surface area (Å²) in [7, 11) is 1.81. The number of hydrogen-bond acceptors (Lipinski definition) is 4. The van der Waals surface area contributed by atoms with E-state index >= 15 is 0 Å². The van der Waals surface area contributed by atoms with Crippen molar-refractivity contribution in [3.8, 4) is 11.4 Å². The first-order valence-corrected chi connectivity index (χ1v) is 8.16. The molecule has 2 N–H and O–H groups in total. The Morgan fingerprint density at radius 1 is 1.24 bits per heavy atom. The smallest absolute Gasteiger partial charge is 0.270 e. The van der Waals surface area contributed by atoms with Crippen molar-refractivity contribution in [2.24, 2.45) is 0 Å². The predicted octanol–water partition coefficient (Wildman–Crippen LogP) is 4.50. The molecule has 1 atom stereocenters. The lowest BCUT2D eigenvalue weighted by Crippen LogP contribution is -2.22. The molecule has 4 rings (SSSR count). The van der Waals surface area contributed by atoms with Crippen LogP contribution in [-0.2, 0) is 5.92 Å². The van der Waals surface area contributed by atoms with Crippen LogP contribution in [0.5, 0.6) is 0 Å². The van der Waals surface area contributed by atoms with E-state index in [1.54, 1.807) is 7.05 Å². The molecule has 5 nitrogen and oxygen atoms in total. The lowest BCUT2D eigenvalue weighted by molar-refractivity contribution is 0.0174. The standard InChI is InChI=1S/C18H19F2N5/c1-9-7-11(18(3,19)20)8-12-15(9)17-24-16-13(25(17)10(2)22-12)5-6-14(21-4)23-16/h5-8,10,22H,1-4H3,(H,21,23). The van der Waals surface area contributed by atoms with Crippen molar-refractivity contribution < 1.29 is 8.78 Å². The van der Waals surface area contributed by atoms with Crippen LogP contribution in [0.25, 0.3) is 22.6 Å². The van der Waals surface area contributed by atoms with Crippen molar-refractivity contribution in [3.05, 3.63) is 35.4 Å². The Hall–Kier alpha value is -2.70. The second-order valence-electron chi connectivity index (χ2n) is 6.52. The van der Waals surface area contributed by atoms with Gasteiger partial charge in [0, 0.05) is 30.8 Å². The summed E-state index contributed by atoms with van der Waals surface area (Å²) in [6.07, 6.45) is -0.116. The summed E-state index contributed by atoms with van der Waals surface area (Å²) in [4.78, 5) is 9.19. The molecular weight excluding hydrogens is 324 g/mol. The van der Waals surface area contributed by atoms with Gasteiger partial charge in [-0.3, -0.25) is 0 Å². The number of nitrogens with one attached hydrogen (secondary N) is 2. The molecule has 0 amide bonds. The fourth-order valence-corrected chi connectivity index (χ4v) is 3.43. The zero-order valence-electron chi connectivity index (χ0n) is 14.5. The first kappa shape index (κ1) is 15.8. The van der Waals surface area contributed by atoms with Gasteiger partial charge in [-0.15, -0.1) is 0 Å². The van der Waals surface area contributed by atoms with Crippen LogP contribution >= 0.6 is 0 Å². The number of aryl methyl sites for hydroxylation is 1. The Kier molecular flexibility index (Phi) is 3.25. The minimum Gasteiger partial charge on any atom is -0.373 e. The summed E-state index contributed by atoms with van der Waals surface area (Å²) in [5, 5.41) is 6.33. The van der Waals surface area contributed by atoms with Crippen LogP contribution in [0.4, 0.5) is 20.3 Å². The molecule has 0 fully saturated rings. The molecule has 0 bridgehead atoms. The number of benzene rings is 1. The van der Waals surface area contributed by atoms with Crippen LogP contribution in [0, 0.1) is 6.92 Å². The molecule has 0 aliphatic carbocycles. The number of halogens is 2. The molecule has 130 valence electrons. The van der Waals surface area contributed by atoms with Gasteiger partial charge in [0.15, 0.2) is 5.65 Å². The zero-order valence-corrected chi connectivity index (χ0v) is 14.5. The SMILES string of the molecule is CNc1ccc2c(n1)nc1n2C(C)Nc2cc(C(C)(F)F)cc(C)c2-1. The van der Waals surface area contributed by atoms with E-state index in [1.807, 2.05) is 26.0 Å². The van der Waals surface area contributed by atoms with Crippen molar-refractivity contribution >= 4 is 22.7 Å². The molecule has 1 unspecified atom stereocenters. The van der Waals surface area contributed by atoms with Gasteiger partial charge in [0.2, 0.25) is 0 Å². The highest BCUT2D eigenvalue weighted by Gasteiger charge is 2.31. The lowest BCUT2D eigenvalue weighted by atomic mass is 9.97. The minimum absolute atomic E-state index is 0.00334. The summed E-state index contributed by atoms with van der Waals surface area (Å²) in [5.41, 5.74) is 3.83. The van der Waals surface area contributed by atoms with Gasteiger partial charge >= 0.3 is 0 Å². The second-order valence-corrected chi connectivity index (χ2v) is 6.52. The summed E-state index contributed by atoms with van der Waals surface area (Å²) in [6, 6.07) is 6.92. The number of aromatic nitrogens is 3. The molecule has 3 heterocycles. The normalized spacial score (nSPS) is 16.3. The highest BCUT2D eigenvalue weighted by atomic mass is 19.3. The second kappa shape index (κ2) is 5.15. The number of imidazole rings is 1. The van der Waals surface area contributed by atoms with E-state index in [0.717, 1.165) is 35.2 Å². The average molecular weight is 343 g/mol. The fourth-order valence-electron chi connectivity index (χ4n) is 3.43.